The molecule has 1 aromatic rings. The van der Waals surface area contributed by atoms with E-state index in [1.54, 1.807) is 11.8 Å². The molecule has 24 nitrogen and oxygen atoms in total. The fourth-order valence-corrected chi connectivity index (χ4v) is 14.8. The summed E-state index contributed by atoms with van der Waals surface area (Å²) < 4.78 is 41.5. The number of aryl methyl sites for hydroxylation is 1. The molecule has 1 aromatic carbocycles. The minimum Gasteiger partial charge on any atom is -0.343 e. The van der Waals surface area contributed by atoms with Crippen molar-refractivity contribution in [3.63, 3.8) is 0 Å². The van der Waals surface area contributed by atoms with Crippen LogP contribution in [0.5, 0.6) is 0 Å². The third kappa shape index (κ3) is 20.3. The number of nitrogens with one attached hydrogen (secondary N) is 3. The number of likely N-dealkylation sites (N-methyl/N-ethyl adjacent to an activating group) is 7. The fourth-order valence-electron chi connectivity index (χ4n) is 14.5. The molecular weight excluding hydrogens is 1290 g/mol. The van der Waals surface area contributed by atoms with Gasteiger partial charge in [0.15, 0.2) is 0 Å². The number of hydrogen-bond acceptors (Lipinski definition) is 12. The lowest BCUT2D eigenvalue weighted by atomic mass is 9.84. The minimum absolute atomic E-state index is 0.0194. The molecule has 98 heavy (non-hydrogen) atoms. The molecule has 3 saturated heterocycles. The second kappa shape index (κ2) is 35.8. The van der Waals surface area contributed by atoms with Gasteiger partial charge in [-0.3, -0.25) is 57.5 Å². The predicted octanol–water partition coefficient (Wildman–Crippen LogP) is 5.64. The molecule has 8 atom stereocenters. The second-order valence-electron chi connectivity index (χ2n) is 28.6. The summed E-state index contributed by atoms with van der Waals surface area (Å²) in [6, 6.07) is -5.59. The molecular formula is C70H108ClF3N12O12. The maximum Gasteiger partial charge on any atom is 0.417 e. The summed E-state index contributed by atoms with van der Waals surface area (Å²) in [4.78, 5) is 189. The molecule has 1 spiro atoms. The largest absolute Gasteiger partial charge is 0.417 e. The van der Waals surface area contributed by atoms with E-state index in [9.17, 15) is 56.3 Å². The predicted molar refractivity (Wildman–Crippen MR) is 362 cm³/mol. The lowest BCUT2D eigenvalue weighted by Gasteiger charge is -2.41. The zero-order valence-corrected chi connectivity index (χ0v) is 60.5. The molecule has 0 aromatic heterocycles. The normalized spacial score (nSPS) is 26.1. The lowest BCUT2D eigenvalue weighted by molar-refractivity contribution is -0.155. The van der Waals surface area contributed by atoms with Gasteiger partial charge in [-0.05, 0) is 112 Å². The summed E-state index contributed by atoms with van der Waals surface area (Å²) in [5.41, 5.74) is -2.34. The highest BCUT2D eigenvalue weighted by molar-refractivity contribution is 6.31. The van der Waals surface area contributed by atoms with Crippen LogP contribution in [-0.4, -0.2) is 251 Å². The van der Waals surface area contributed by atoms with Crippen LogP contribution in [0, 0.1) is 17.8 Å². The van der Waals surface area contributed by atoms with Gasteiger partial charge in [0.1, 0.15) is 47.8 Å². The number of carbonyl (C=O) groups is 12. The summed E-state index contributed by atoms with van der Waals surface area (Å²) in [6.45, 7) is 8.23. The molecule has 3 heterocycles. The average molecular weight is 1400 g/mol. The number of alkyl halides is 3. The van der Waals surface area contributed by atoms with Gasteiger partial charge in [0.2, 0.25) is 70.9 Å². The van der Waals surface area contributed by atoms with Crippen molar-refractivity contribution < 1.29 is 70.7 Å². The molecule has 2 aliphatic carbocycles. The van der Waals surface area contributed by atoms with Crippen molar-refractivity contribution in [2.24, 2.45) is 17.8 Å². The van der Waals surface area contributed by atoms with Crippen molar-refractivity contribution in [3.8, 4) is 0 Å². The van der Waals surface area contributed by atoms with Crippen LogP contribution in [0.4, 0.5) is 13.2 Å². The van der Waals surface area contributed by atoms with E-state index in [-0.39, 0.29) is 69.7 Å². The van der Waals surface area contributed by atoms with Gasteiger partial charge in [0.25, 0.3) is 0 Å². The van der Waals surface area contributed by atoms with E-state index in [0.717, 1.165) is 65.4 Å². The van der Waals surface area contributed by atoms with E-state index in [1.165, 1.54) is 79.9 Å². The monoisotopic (exact) mass is 1400 g/mol. The van der Waals surface area contributed by atoms with Gasteiger partial charge in [0.05, 0.1) is 36.6 Å². The van der Waals surface area contributed by atoms with Crippen LogP contribution in [0.25, 0.3) is 0 Å². The van der Waals surface area contributed by atoms with E-state index in [2.05, 4.69) is 16.0 Å². The molecule has 0 radical (unpaired) electrons. The van der Waals surface area contributed by atoms with E-state index < -0.39 is 167 Å². The number of benzene rings is 1. The summed E-state index contributed by atoms with van der Waals surface area (Å²) in [5.74, 6) is -8.47. The van der Waals surface area contributed by atoms with Crippen LogP contribution in [0.2, 0.25) is 5.02 Å². The molecule has 6 rings (SSSR count). The smallest absolute Gasteiger partial charge is 0.343 e. The van der Waals surface area contributed by atoms with Crippen LogP contribution in [0.15, 0.2) is 18.2 Å². The molecule has 2 saturated carbocycles. The topological polar surface area (TPSA) is 270 Å². The van der Waals surface area contributed by atoms with Crippen LogP contribution in [0.1, 0.15) is 181 Å². The summed E-state index contributed by atoms with van der Waals surface area (Å²) in [5, 5.41) is 8.09. The molecule has 3 N–H and O–H groups in total. The van der Waals surface area contributed by atoms with Crippen LogP contribution >= 0.6 is 11.6 Å². The van der Waals surface area contributed by atoms with Crippen LogP contribution in [0.3, 0.4) is 0 Å². The molecule has 0 unspecified atom stereocenters. The zero-order valence-electron chi connectivity index (χ0n) is 59.7. The number of fused-ring (bicyclic) bond motifs is 1. The number of likely N-dealkylation sites (tertiary alicyclic amines) is 1. The number of rotatable bonds is 12. The third-order valence-electron chi connectivity index (χ3n) is 20.9. The first kappa shape index (κ1) is 79.9. The van der Waals surface area contributed by atoms with E-state index in [1.807, 2.05) is 27.7 Å². The van der Waals surface area contributed by atoms with Gasteiger partial charge in [0, 0.05) is 69.0 Å². The number of carbonyl (C=O) groups excluding carboxylic acids is 12. The Hall–Kier alpha value is -7.06. The molecule has 5 fully saturated rings. The highest BCUT2D eigenvalue weighted by Crippen LogP contribution is 2.37. The van der Waals surface area contributed by atoms with Crippen molar-refractivity contribution in [1.29, 1.82) is 0 Å². The van der Waals surface area contributed by atoms with Gasteiger partial charge in [-0.15, -0.1) is 0 Å². The zero-order chi connectivity index (χ0) is 72.7. The van der Waals surface area contributed by atoms with Gasteiger partial charge >= 0.3 is 6.18 Å². The standard InChI is InChI=1S/C70H108ClF3N12O12/c1-13-24-52-65(95)83(11)55(66(96)85-34-21-16-22-35-85)40-57(88)81(9)53(37-44(3)4)61(91)76-60(45(5)14-2)67(97)80(8)42-58(89)78(6)43-59(90)82(10)54(39-46-25-17-15-18-26-46)64(94)79(7)41-56(87)75-50(31-29-47-28-30-48(49(71)38-47)70(72,73)74)63(93)86-36-23-27-51(86)62(92)77-69(32-19-20-33-69)68(98)84(52)12/h28,30,38,44-46,50-55,60H,13-27,29,31-37,39-43H2,1-12H3,(H,75,87)(H,76,91)(H,77,92)/t45-,50-,51-,52-,53-,54-,55-,60-/m0/s1. The number of nitrogens with zero attached hydrogens (tertiary/aromatic N) is 9. The van der Waals surface area contributed by atoms with Crippen molar-refractivity contribution in [3.05, 3.63) is 34.3 Å². The molecule has 3 aliphatic heterocycles. The third-order valence-corrected chi connectivity index (χ3v) is 21.2. The minimum atomic E-state index is -4.76. The van der Waals surface area contributed by atoms with Crippen LogP contribution in [-0.2, 0) is 70.1 Å². The average Bonchev–Trinajstić information content (AvgIpc) is 1.58. The highest BCUT2D eigenvalue weighted by Gasteiger charge is 2.50. The Balaban J connectivity index is 1.41. The summed E-state index contributed by atoms with van der Waals surface area (Å²) in [7, 11) is 9.87. The quantitative estimate of drug-likeness (QED) is 0.229. The molecule has 12 amide bonds. The highest BCUT2D eigenvalue weighted by atomic mass is 35.5. The van der Waals surface area contributed by atoms with Gasteiger partial charge in [-0.25, -0.2) is 0 Å². The first-order chi connectivity index (χ1) is 46.2. The molecule has 0 bridgehead atoms. The Morgan fingerprint density at radius 1 is 0.622 bits per heavy atom. The van der Waals surface area contributed by atoms with Crippen molar-refractivity contribution in [2.75, 3.05) is 88.6 Å². The van der Waals surface area contributed by atoms with Gasteiger partial charge in [-0.1, -0.05) is 110 Å². The molecule has 28 heteroatoms. The first-order valence-electron chi connectivity index (χ1n) is 35.3. The van der Waals surface area contributed by atoms with E-state index in [0.29, 0.717) is 63.6 Å². The van der Waals surface area contributed by atoms with Crippen molar-refractivity contribution >= 4 is 82.5 Å². The van der Waals surface area contributed by atoms with Crippen molar-refractivity contribution in [2.45, 2.75) is 230 Å². The number of piperidine rings is 1. The van der Waals surface area contributed by atoms with Gasteiger partial charge in [-0.2, -0.15) is 13.2 Å². The Labute approximate surface area is 581 Å². The Morgan fingerprint density at radius 3 is 1.84 bits per heavy atom. The Morgan fingerprint density at radius 2 is 1.23 bits per heavy atom. The molecule has 5 aliphatic rings. The lowest BCUT2D eigenvalue weighted by Crippen LogP contribution is -2.64. The van der Waals surface area contributed by atoms with Crippen molar-refractivity contribution in [1.82, 2.24) is 60.0 Å². The van der Waals surface area contributed by atoms with E-state index >= 15 is 14.4 Å². The Kier molecular flexibility index (Phi) is 29.2. The SMILES string of the molecule is CCC[C@H]1C(=O)N(C)[C@H](C(=O)N2CCCCC2)CC(=O)N(C)[C@@H](CC(C)C)C(=O)N[C@@H]([C@@H](C)CC)C(=O)N(C)CC(=O)N(C)CC(=O)N(C)[C@@H](CC2CCCCC2)C(=O)N(C)CC(=O)N[C@@H](CCc2ccc(C(F)(F)F)c(Cl)c2)C(=O)N2CCC[C@H]2C(=O)NC2(CCCC2)C(=O)N1C. The van der Waals surface area contributed by atoms with Gasteiger partial charge < -0.3 is 60.0 Å². The molecule has 548 valence electrons. The number of hydrogen-bond donors (Lipinski definition) is 3. The summed E-state index contributed by atoms with van der Waals surface area (Å²) >= 11 is 6.14. The number of amides is 12. The Bertz CT molecular complexity index is 3030. The summed E-state index contributed by atoms with van der Waals surface area (Å²) in [6.07, 6.45) is 4.03. The first-order valence-corrected chi connectivity index (χ1v) is 35.7. The maximum atomic E-state index is 15.4. The second-order valence-corrected chi connectivity index (χ2v) is 29.0. The van der Waals surface area contributed by atoms with E-state index in [4.69, 9.17) is 11.6 Å². The fraction of sp³-hybridized carbons (Fsp3) is 0.743. The maximum absolute atomic E-state index is 15.4. The number of halogens is 4. The van der Waals surface area contributed by atoms with Crippen LogP contribution < -0.4 is 16.0 Å².